The molecular weight excluding hydrogens is 242 g/mol. The van der Waals surface area contributed by atoms with Crippen LogP contribution in [0.4, 0.5) is 0 Å². The topological polar surface area (TPSA) is 30.7 Å². The average Bonchev–Trinajstić information content (AvgIpc) is 2.80. The SMILES string of the molecule is Cc1cnc2n1-c1cnc3ccccc3c1SC2. The molecule has 1 aliphatic rings. The standard InChI is InChI=1S/C14H11N3S/c1-9-6-16-13-8-18-14-10-4-2-3-5-11(10)15-7-12(14)17(9)13/h2-7H,8H2,1H3. The zero-order valence-electron chi connectivity index (χ0n) is 9.92. The van der Waals surface area contributed by atoms with Crippen LogP contribution in [-0.4, -0.2) is 14.5 Å². The van der Waals surface area contributed by atoms with E-state index in [2.05, 4.69) is 39.7 Å². The molecule has 2 aromatic heterocycles. The minimum atomic E-state index is 0.925. The van der Waals surface area contributed by atoms with Gasteiger partial charge in [0.2, 0.25) is 0 Å². The number of pyridine rings is 1. The fourth-order valence-electron chi connectivity index (χ4n) is 2.47. The van der Waals surface area contributed by atoms with Gasteiger partial charge >= 0.3 is 0 Å². The van der Waals surface area contributed by atoms with Gasteiger partial charge in [0.1, 0.15) is 5.82 Å². The van der Waals surface area contributed by atoms with Gasteiger partial charge in [-0.15, -0.1) is 11.8 Å². The number of hydrogen-bond acceptors (Lipinski definition) is 3. The number of fused-ring (bicyclic) bond motifs is 5. The molecule has 3 heterocycles. The maximum atomic E-state index is 4.55. The van der Waals surface area contributed by atoms with Crippen LogP contribution >= 0.6 is 11.8 Å². The molecule has 0 amide bonds. The van der Waals surface area contributed by atoms with Crippen LogP contribution in [0.15, 0.2) is 41.6 Å². The molecule has 0 saturated carbocycles. The van der Waals surface area contributed by atoms with Crippen molar-refractivity contribution in [1.82, 2.24) is 14.5 Å². The molecular formula is C14H11N3S. The van der Waals surface area contributed by atoms with Gasteiger partial charge < -0.3 is 0 Å². The minimum Gasteiger partial charge on any atom is -0.298 e. The summed E-state index contributed by atoms with van der Waals surface area (Å²) in [5, 5.41) is 1.23. The number of aromatic nitrogens is 3. The highest BCUT2D eigenvalue weighted by molar-refractivity contribution is 7.99. The maximum Gasteiger partial charge on any atom is 0.123 e. The molecule has 0 unspecified atom stereocenters. The maximum absolute atomic E-state index is 4.55. The Hall–Kier alpha value is -1.81. The molecule has 88 valence electrons. The predicted molar refractivity (Wildman–Crippen MR) is 73.2 cm³/mol. The highest BCUT2D eigenvalue weighted by Gasteiger charge is 2.21. The molecule has 1 aromatic carbocycles. The van der Waals surface area contributed by atoms with E-state index in [0.717, 1.165) is 22.8 Å². The number of nitrogens with zero attached hydrogens (tertiary/aromatic N) is 3. The summed E-state index contributed by atoms with van der Waals surface area (Å²) in [6, 6.07) is 8.31. The number of hydrogen-bond donors (Lipinski definition) is 0. The van der Waals surface area contributed by atoms with Crippen molar-refractivity contribution >= 4 is 22.7 Å². The summed E-state index contributed by atoms with van der Waals surface area (Å²) in [4.78, 5) is 10.3. The van der Waals surface area contributed by atoms with E-state index in [0.29, 0.717) is 0 Å². The zero-order valence-corrected chi connectivity index (χ0v) is 10.7. The number of aryl methyl sites for hydroxylation is 1. The van der Waals surface area contributed by atoms with Crippen molar-refractivity contribution in [3.8, 4) is 5.69 Å². The summed E-state index contributed by atoms with van der Waals surface area (Å²) in [6.07, 6.45) is 3.89. The number of benzene rings is 1. The van der Waals surface area contributed by atoms with Crippen LogP contribution in [0.2, 0.25) is 0 Å². The van der Waals surface area contributed by atoms with Gasteiger partial charge in [0.25, 0.3) is 0 Å². The van der Waals surface area contributed by atoms with Crippen molar-refractivity contribution in [2.75, 3.05) is 0 Å². The smallest absolute Gasteiger partial charge is 0.123 e. The lowest BCUT2D eigenvalue weighted by Gasteiger charge is -2.20. The number of rotatable bonds is 0. The van der Waals surface area contributed by atoms with Crippen molar-refractivity contribution < 1.29 is 0 Å². The van der Waals surface area contributed by atoms with Crippen molar-refractivity contribution in [2.24, 2.45) is 0 Å². The third kappa shape index (κ3) is 1.26. The Morgan fingerprint density at radius 1 is 1.17 bits per heavy atom. The van der Waals surface area contributed by atoms with Gasteiger partial charge in [-0.05, 0) is 13.0 Å². The first-order valence-corrected chi connectivity index (χ1v) is 6.87. The first kappa shape index (κ1) is 10.1. The number of para-hydroxylation sites is 1. The fraction of sp³-hybridized carbons (Fsp3) is 0.143. The lowest BCUT2D eigenvalue weighted by molar-refractivity contribution is 0.893. The Morgan fingerprint density at radius 2 is 2.06 bits per heavy atom. The normalized spacial score (nSPS) is 13.4. The summed E-state index contributed by atoms with van der Waals surface area (Å²) >= 11 is 1.85. The van der Waals surface area contributed by atoms with E-state index in [4.69, 9.17) is 0 Å². The second kappa shape index (κ2) is 3.59. The van der Waals surface area contributed by atoms with Crippen LogP contribution in [0.5, 0.6) is 0 Å². The lowest BCUT2D eigenvalue weighted by Crippen LogP contribution is -2.09. The number of thioether (sulfide) groups is 1. The zero-order chi connectivity index (χ0) is 12.1. The second-order valence-electron chi connectivity index (χ2n) is 4.43. The Bertz CT molecular complexity index is 761. The minimum absolute atomic E-state index is 0.925. The van der Waals surface area contributed by atoms with Crippen LogP contribution in [0, 0.1) is 6.92 Å². The third-order valence-corrected chi connectivity index (χ3v) is 4.43. The fourth-order valence-corrected chi connectivity index (χ4v) is 3.57. The van der Waals surface area contributed by atoms with Crippen LogP contribution in [-0.2, 0) is 5.75 Å². The van der Waals surface area contributed by atoms with E-state index < -0.39 is 0 Å². The van der Waals surface area contributed by atoms with Gasteiger partial charge in [0.15, 0.2) is 0 Å². The lowest BCUT2D eigenvalue weighted by atomic mass is 10.2. The van der Waals surface area contributed by atoms with Crippen molar-refractivity contribution in [3.63, 3.8) is 0 Å². The molecule has 1 aliphatic heterocycles. The highest BCUT2D eigenvalue weighted by Crippen LogP contribution is 2.39. The summed E-state index contributed by atoms with van der Waals surface area (Å²) in [5.74, 6) is 2.04. The van der Waals surface area contributed by atoms with Crippen molar-refractivity contribution in [2.45, 2.75) is 17.6 Å². The summed E-state index contributed by atoms with van der Waals surface area (Å²) in [6.45, 7) is 2.09. The van der Waals surface area contributed by atoms with Crippen LogP contribution in [0.25, 0.3) is 16.6 Å². The average molecular weight is 253 g/mol. The molecule has 4 heteroatoms. The van der Waals surface area contributed by atoms with Crippen LogP contribution < -0.4 is 0 Å². The van der Waals surface area contributed by atoms with Gasteiger partial charge in [0.05, 0.1) is 23.2 Å². The Kier molecular flexibility index (Phi) is 2.02. The molecule has 0 fully saturated rings. The quantitative estimate of drug-likeness (QED) is 0.615. The van der Waals surface area contributed by atoms with Gasteiger partial charge in [-0.3, -0.25) is 9.55 Å². The number of imidazole rings is 1. The molecule has 0 radical (unpaired) electrons. The van der Waals surface area contributed by atoms with Crippen molar-refractivity contribution in [1.29, 1.82) is 0 Å². The van der Waals surface area contributed by atoms with E-state index >= 15 is 0 Å². The first-order chi connectivity index (χ1) is 8.84. The summed E-state index contributed by atoms with van der Waals surface area (Å²) in [7, 11) is 0. The molecule has 3 aromatic rings. The molecule has 4 rings (SSSR count). The van der Waals surface area contributed by atoms with Crippen LogP contribution in [0.3, 0.4) is 0 Å². The van der Waals surface area contributed by atoms with E-state index in [-0.39, 0.29) is 0 Å². The molecule has 0 bridgehead atoms. The molecule has 0 aliphatic carbocycles. The first-order valence-electron chi connectivity index (χ1n) is 5.89. The van der Waals surface area contributed by atoms with Gasteiger partial charge in [-0.1, -0.05) is 18.2 Å². The summed E-state index contributed by atoms with van der Waals surface area (Å²) in [5.41, 5.74) is 3.39. The van der Waals surface area contributed by atoms with E-state index in [1.165, 1.54) is 16.0 Å². The molecule has 0 N–H and O–H groups in total. The monoisotopic (exact) mass is 253 g/mol. The predicted octanol–water partition coefficient (Wildman–Crippen LogP) is 3.33. The van der Waals surface area contributed by atoms with Gasteiger partial charge in [-0.25, -0.2) is 4.98 Å². The van der Waals surface area contributed by atoms with Crippen LogP contribution in [0.1, 0.15) is 11.5 Å². The Morgan fingerprint density at radius 3 is 3.00 bits per heavy atom. The van der Waals surface area contributed by atoms with Gasteiger partial charge in [0, 0.05) is 22.2 Å². The van der Waals surface area contributed by atoms with Gasteiger partial charge in [-0.2, -0.15) is 0 Å². The van der Waals surface area contributed by atoms with E-state index in [9.17, 15) is 0 Å². The Labute approximate surface area is 109 Å². The third-order valence-electron chi connectivity index (χ3n) is 3.30. The largest absolute Gasteiger partial charge is 0.298 e. The molecule has 3 nitrogen and oxygen atoms in total. The molecule has 0 saturated heterocycles. The molecule has 0 atom stereocenters. The molecule has 0 spiro atoms. The molecule has 18 heavy (non-hydrogen) atoms. The van der Waals surface area contributed by atoms with E-state index in [1.54, 1.807) is 0 Å². The highest BCUT2D eigenvalue weighted by atomic mass is 32.2. The van der Waals surface area contributed by atoms with Crippen molar-refractivity contribution in [3.05, 3.63) is 48.2 Å². The second-order valence-corrected chi connectivity index (χ2v) is 5.42. The Balaban J connectivity index is 2.11. The summed E-state index contributed by atoms with van der Waals surface area (Å²) < 4.78 is 2.21. The van der Waals surface area contributed by atoms with E-state index in [1.807, 2.05) is 30.2 Å².